The van der Waals surface area contributed by atoms with Crippen molar-refractivity contribution in [3.05, 3.63) is 18.1 Å². The van der Waals surface area contributed by atoms with Gasteiger partial charge in [-0.1, -0.05) is 6.42 Å². The Labute approximate surface area is 102 Å². The van der Waals surface area contributed by atoms with Gasteiger partial charge in [-0.3, -0.25) is 4.98 Å². The number of aromatic nitrogens is 2. The molecule has 2 heterocycles. The molecule has 0 bridgehead atoms. The van der Waals surface area contributed by atoms with Crippen LogP contribution in [0.4, 0.5) is 5.82 Å². The molecule has 1 saturated carbocycles. The van der Waals surface area contributed by atoms with Crippen LogP contribution in [0.1, 0.15) is 25.0 Å². The number of hydrogen-bond donors (Lipinski definition) is 1. The summed E-state index contributed by atoms with van der Waals surface area (Å²) < 4.78 is 0. The fraction of sp³-hybridized carbons (Fsp3) is 0.692. The predicted molar refractivity (Wildman–Crippen MR) is 67.8 cm³/mol. The van der Waals surface area contributed by atoms with Crippen molar-refractivity contribution >= 4 is 5.82 Å². The van der Waals surface area contributed by atoms with Crippen LogP contribution in [0, 0.1) is 18.8 Å². The number of nitrogens with zero attached hydrogens (tertiary/aromatic N) is 3. The van der Waals surface area contributed by atoms with Gasteiger partial charge in [0.15, 0.2) is 0 Å². The maximum atomic E-state index is 6.24. The van der Waals surface area contributed by atoms with Gasteiger partial charge in [-0.15, -0.1) is 0 Å². The van der Waals surface area contributed by atoms with Crippen molar-refractivity contribution < 1.29 is 0 Å². The van der Waals surface area contributed by atoms with Gasteiger partial charge >= 0.3 is 0 Å². The Hall–Kier alpha value is -1.16. The number of hydrogen-bond acceptors (Lipinski definition) is 4. The van der Waals surface area contributed by atoms with E-state index < -0.39 is 0 Å². The van der Waals surface area contributed by atoms with Crippen LogP contribution in [0.3, 0.4) is 0 Å². The molecule has 1 saturated heterocycles. The van der Waals surface area contributed by atoms with Crippen molar-refractivity contribution in [2.75, 3.05) is 18.0 Å². The van der Waals surface area contributed by atoms with Gasteiger partial charge in [-0.25, -0.2) is 4.98 Å². The molecule has 0 aromatic carbocycles. The minimum atomic E-state index is 0.385. The van der Waals surface area contributed by atoms with Gasteiger partial charge < -0.3 is 10.6 Å². The van der Waals surface area contributed by atoms with E-state index in [0.717, 1.165) is 30.5 Å². The van der Waals surface area contributed by atoms with Gasteiger partial charge in [-0.2, -0.15) is 0 Å². The van der Waals surface area contributed by atoms with Gasteiger partial charge in [0.1, 0.15) is 5.82 Å². The molecular formula is C13H20N4. The highest BCUT2D eigenvalue weighted by Gasteiger charge is 2.39. The largest absolute Gasteiger partial charge is 0.354 e. The number of anilines is 1. The standard InChI is InChI=1S/C13H20N4/c1-9-13(16-6-5-15-9)17-7-10-3-2-4-12(14)11(10)8-17/h5-6,10-12H,2-4,7-8,14H2,1H3. The first-order valence-corrected chi connectivity index (χ1v) is 6.54. The molecule has 1 aliphatic heterocycles. The van der Waals surface area contributed by atoms with Crippen molar-refractivity contribution in [1.29, 1.82) is 0 Å². The van der Waals surface area contributed by atoms with Gasteiger partial charge in [0, 0.05) is 31.5 Å². The van der Waals surface area contributed by atoms with Crippen molar-refractivity contribution in [2.24, 2.45) is 17.6 Å². The smallest absolute Gasteiger partial charge is 0.150 e. The summed E-state index contributed by atoms with van der Waals surface area (Å²) in [5.74, 6) is 2.47. The molecule has 0 radical (unpaired) electrons. The Kier molecular flexibility index (Phi) is 2.74. The van der Waals surface area contributed by atoms with E-state index in [-0.39, 0.29) is 0 Å². The molecule has 0 spiro atoms. The fourth-order valence-electron chi connectivity index (χ4n) is 3.40. The summed E-state index contributed by atoms with van der Waals surface area (Å²) in [5, 5.41) is 0. The van der Waals surface area contributed by atoms with Gasteiger partial charge in [0.25, 0.3) is 0 Å². The zero-order chi connectivity index (χ0) is 11.8. The second kappa shape index (κ2) is 4.26. The highest BCUT2D eigenvalue weighted by Crippen LogP contribution is 2.37. The van der Waals surface area contributed by atoms with Crippen molar-refractivity contribution in [1.82, 2.24) is 9.97 Å². The Bertz CT molecular complexity index is 406. The van der Waals surface area contributed by atoms with E-state index in [2.05, 4.69) is 14.9 Å². The normalized spacial score (nSPS) is 32.6. The van der Waals surface area contributed by atoms with E-state index >= 15 is 0 Å². The summed E-state index contributed by atoms with van der Waals surface area (Å²) in [5.41, 5.74) is 7.26. The van der Waals surface area contributed by atoms with E-state index in [0.29, 0.717) is 12.0 Å². The Morgan fingerprint density at radius 1 is 1.24 bits per heavy atom. The predicted octanol–water partition coefficient (Wildman–Crippen LogP) is 1.35. The van der Waals surface area contributed by atoms with Crippen LogP contribution in [-0.2, 0) is 0 Å². The van der Waals surface area contributed by atoms with Crippen molar-refractivity contribution in [3.63, 3.8) is 0 Å². The first-order valence-electron chi connectivity index (χ1n) is 6.54. The van der Waals surface area contributed by atoms with Crippen LogP contribution in [0.2, 0.25) is 0 Å². The molecule has 17 heavy (non-hydrogen) atoms. The minimum Gasteiger partial charge on any atom is -0.354 e. The monoisotopic (exact) mass is 232 g/mol. The Balaban J connectivity index is 1.81. The lowest BCUT2D eigenvalue weighted by Crippen LogP contribution is -2.38. The van der Waals surface area contributed by atoms with E-state index in [9.17, 15) is 0 Å². The highest BCUT2D eigenvalue weighted by molar-refractivity contribution is 5.44. The summed E-state index contributed by atoms with van der Waals surface area (Å²) in [6, 6.07) is 0.385. The number of nitrogens with two attached hydrogens (primary N) is 1. The Morgan fingerprint density at radius 3 is 2.82 bits per heavy atom. The third-order valence-electron chi connectivity index (χ3n) is 4.31. The lowest BCUT2D eigenvalue weighted by molar-refractivity contribution is 0.260. The van der Waals surface area contributed by atoms with Crippen molar-refractivity contribution in [3.8, 4) is 0 Å². The lowest BCUT2D eigenvalue weighted by atomic mass is 9.78. The van der Waals surface area contributed by atoms with Crippen molar-refractivity contribution in [2.45, 2.75) is 32.2 Å². The number of aryl methyl sites for hydroxylation is 1. The third-order valence-corrected chi connectivity index (χ3v) is 4.31. The molecule has 3 atom stereocenters. The third kappa shape index (κ3) is 1.90. The molecule has 0 amide bonds. The average Bonchev–Trinajstić information content (AvgIpc) is 2.75. The van der Waals surface area contributed by atoms with Gasteiger partial charge in [0.05, 0.1) is 5.69 Å². The number of rotatable bonds is 1. The SMILES string of the molecule is Cc1nccnc1N1CC2CCCC(N)C2C1. The summed E-state index contributed by atoms with van der Waals surface area (Å²) in [6.07, 6.45) is 7.34. The zero-order valence-electron chi connectivity index (χ0n) is 10.3. The van der Waals surface area contributed by atoms with Crippen LogP contribution in [0.15, 0.2) is 12.4 Å². The zero-order valence-corrected chi connectivity index (χ0v) is 10.3. The summed E-state index contributed by atoms with van der Waals surface area (Å²) in [4.78, 5) is 11.2. The highest BCUT2D eigenvalue weighted by atomic mass is 15.2. The van der Waals surface area contributed by atoms with Crippen LogP contribution in [-0.4, -0.2) is 29.1 Å². The first kappa shape index (κ1) is 11.0. The molecule has 1 aromatic rings. The van der Waals surface area contributed by atoms with Crippen LogP contribution in [0.25, 0.3) is 0 Å². The van der Waals surface area contributed by atoms with E-state index in [1.165, 1.54) is 19.3 Å². The molecule has 3 rings (SSSR count). The fourth-order valence-corrected chi connectivity index (χ4v) is 3.40. The molecule has 2 fully saturated rings. The second-order valence-electron chi connectivity index (χ2n) is 5.39. The summed E-state index contributed by atoms with van der Waals surface area (Å²) in [7, 11) is 0. The van der Waals surface area contributed by atoms with E-state index in [1.807, 2.05) is 6.92 Å². The molecule has 4 nitrogen and oxygen atoms in total. The number of fused-ring (bicyclic) bond motifs is 1. The topological polar surface area (TPSA) is 55.0 Å². The lowest BCUT2D eigenvalue weighted by Gasteiger charge is -2.29. The molecule has 1 aromatic heterocycles. The van der Waals surface area contributed by atoms with Crippen LogP contribution >= 0.6 is 0 Å². The molecular weight excluding hydrogens is 212 g/mol. The average molecular weight is 232 g/mol. The molecule has 3 unspecified atom stereocenters. The quantitative estimate of drug-likeness (QED) is 0.794. The molecule has 2 aliphatic rings. The van der Waals surface area contributed by atoms with Crippen LogP contribution < -0.4 is 10.6 Å². The first-order chi connectivity index (χ1) is 8.25. The molecule has 1 aliphatic carbocycles. The molecule has 2 N–H and O–H groups in total. The summed E-state index contributed by atoms with van der Waals surface area (Å²) >= 11 is 0. The van der Waals surface area contributed by atoms with Gasteiger partial charge in [0.2, 0.25) is 0 Å². The molecule has 4 heteroatoms. The Morgan fingerprint density at radius 2 is 2.06 bits per heavy atom. The second-order valence-corrected chi connectivity index (χ2v) is 5.39. The maximum Gasteiger partial charge on any atom is 0.150 e. The maximum absolute atomic E-state index is 6.24. The van der Waals surface area contributed by atoms with E-state index in [4.69, 9.17) is 5.73 Å². The molecule has 92 valence electrons. The van der Waals surface area contributed by atoms with Gasteiger partial charge in [-0.05, 0) is 31.6 Å². The summed E-state index contributed by atoms with van der Waals surface area (Å²) in [6.45, 7) is 4.20. The van der Waals surface area contributed by atoms with E-state index in [1.54, 1.807) is 12.4 Å². The van der Waals surface area contributed by atoms with Crippen LogP contribution in [0.5, 0.6) is 0 Å². The minimum absolute atomic E-state index is 0.385.